The Bertz CT molecular complexity index is 1520. The van der Waals surface area contributed by atoms with Gasteiger partial charge in [-0.1, -0.05) is 54.1 Å². The molecule has 1 N–H and O–H groups in total. The lowest BCUT2D eigenvalue weighted by molar-refractivity contribution is 0.0918. The first kappa shape index (κ1) is 21.6. The van der Waals surface area contributed by atoms with Crippen LogP contribution >= 0.6 is 11.6 Å². The summed E-state index contributed by atoms with van der Waals surface area (Å²) >= 11 is 6.03. The third-order valence-electron chi connectivity index (χ3n) is 5.23. The number of nitrogens with one attached hydrogen (secondary N) is 1. The summed E-state index contributed by atoms with van der Waals surface area (Å²) in [6.07, 6.45) is 4.49. The van der Waals surface area contributed by atoms with Crippen molar-refractivity contribution in [3.05, 3.63) is 100 Å². The molecule has 0 saturated carbocycles. The summed E-state index contributed by atoms with van der Waals surface area (Å²) in [6.45, 7) is 0.933. The molecule has 0 aliphatic carbocycles. The molecule has 3 heterocycles. The SMILES string of the molecule is O=C(NCCn1ncc2c(=O)n(Cc3cccc(Cl)c3)cnc21)c1ncc(-c2ccccc2)o1. The van der Waals surface area contributed by atoms with Gasteiger partial charge in [0.25, 0.3) is 11.4 Å². The van der Waals surface area contributed by atoms with Crippen molar-refractivity contribution in [2.75, 3.05) is 6.54 Å². The Morgan fingerprint density at radius 2 is 1.91 bits per heavy atom. The van der Waals surface area contributed by atoms with Crippen LogP contribution in [0.5, 0.6) is 0 Å². The van der Waals surface area contributed by atoms with Crippen LogP contribution in [-0.4, -0.2) is 36.8 Å². The van der Waals surface area contributed by atoms with E-state index < -0.39 is 5.91 Å². The van der Waals surface area contributed by atoms with Crippen LogP contribution < -0.4 is 10.9 Å². The van der Waals surface area contributed by atoms with Crippen LogP contribution in [0.1, 0.15) is 16.2 Å². The molecule has 9 nitrogen and oxygen atoms in total. The summed E-state index contributed by atoms with van der Waals surface area (Å²) in [6, 6.07) is 16.7. The standard InChI is InChI=1S/C24H19ClN6O3/c25-18-8-4-5-16(11-18)14-30-15-28-21-19(24(30)33)12-29-31(21)10-9-26-22(32)23-27-13-20(34-23)17-6-2-1-3-7-17/h1-8,11-13,15H,9-10,14H2,(H,26,32). The van der Waals surface area contributed by atoms with Crippen LogP contribution in [0, 0.1) is 0 Å². The molecule has 5 rings (SSSR count). The number of fused-ring (bicyclic) bond motifs is 1. The van der Waals surface area contributed by atoms with Gasteiger partial charge in [0.15, 0.2) is 11.4 Å². The van der Waals surface area contributed by atoms with Crippen molar-refractivity contribution in [3.8, 4) is 11.3 Å². The molecule has 0 unspecified atom stereocenters. The number of aromatic nitrogens is 5. The zero-order valence-electron chi connectivity index (χ0n) is 17.9. The summed E-state index contributed by atoms with van der Waals surface area (Å²) < 4.78 is 8.65. The van der Waals surface area contributed by atoms with Gasteiger partial charge in [0.05, 0.1) is 25.5 Å². The predicted molar refractivity (Wildman–Crippen MR) is 127 cm³/mol. The number of carbonyl (C=O) groups excluding carboxylic acids is 1. The smallest absolute Gasteiger partial charge is 0.307 e. The Labute approximate surface area is 198 Å². The molecule has 0 aliphatic rings. The zero-order chi connectivity index (χ0) is 23.5. The highest BCUT2D eigenvalue weighted by Crippen LogP contribution is 2.19. The number of amides is 1. The second-order valence-corrected chi connectivity index (χ2v) is 8.00. The van der Waals surface area contributed by atoms with Gasteiger partial charge >= 0.3 is 5.91 Å². The summed E-state index contributed by atoms with van der Waals surface area (Å²) in [5, 5.41) is 8.02. The van der Waals surface area contributed by atoms with Gasteiger partial charge in [0.2, 0.25) is 0 Å². The fourth-order valence-corrected chi connectivity index (χ4v) is 3.78. The van der Waals surface area contributed by atoms with Crippen LogP contribution in [0.25, 0.3) is 22.4 Å². The average Bonchev–Trinajstić information content (AvgIpc) is 3.50. The maximum absolute atomic E-state index is 12.9. The van der Waals surface area contributed by atoms with Crippen molar-refractivity contribution in [2.24, 2.45) is 0 Å². The van der Waals surface area contributed by atoms with E-state index >= 15 is 0 Å². The molecular weight excluding hydrogens is 456 g/mol. The molecule has 0 saturated heterocycles. The van der Waals surface area contributed by atoms with E-state index in [0.717, 1.165) is 11.1 Å². The monoisotopic (exact) mass is 474 g/mol. The average molecular weight is 475 g/mol. The van der Waals surface area contributed by atoms with Crippen LogP contribution in [-0.2, 0) is 13.1 Å². The van der Waals surface area contributed by atoms with Gasteiger partial charge in [-0.3, -0.25) is 14.2 Å². The lowest BCUT2D eigenvalue weighted by Crippen LogP contribution is -2.28. The summed E-state index contributed by atoms with van der Waals surface area (Å²) in [5.74, 6) is 0.0590. The third-order valence-corrected chi connectivity index (χ3v) is 5.47. The molecule has 10 heteroatoms. The Hall–Kier alpha value is -4.24. The van der Waals surface area contributed by atoms with Gasteiger partial charge in [-0.05, 0) is 17.7 Å². The third kappa shape index (κ3) is 4.46. The van der Waals surface area contributed by atoms with Crippen LogP contribution in [0.4, 0.5) is 0 Å². The molecular formula is C24H19ClN6O3. The predicted octanol–water partition coefficient (Wildman–Crippen LogP) is 3.38. The zero-order valence-corrected chi connectivity index (χ0v) is 18.6. The summed E-state index contributed by atoms with van der Waals surface area (Å²) in [7, 11) is 0. The number of rotatable bonds is 7. The topological polar surface area (TPSA) is 108 Å². The molecule has 0 bridgehead atoms. The fourth-order valence-electron chi connectivity index (χ4n) is 3.57. The van der Waals surface area contributed by atoms with Gasteiger partial charge in [-0.15, -0.1) is 0 Å². The summed E-state index contributed by atoms with van der Waals surface area (Å²) in [4.78, 5) is 33.7. The Morgan fingerprint density at radius 1 is 1.06 bits per heavy atom. The van der Waals surface area contributed by atoms with Crippen LogP contribution in [0.2, 0.25) is 5.02 Å². The highest BCUT2D eigenvalue weighted by atomic mass is 35.5. The molecule has 170 valence electrons. The Balaban J connectivity index is 1.24. The quantitative estimate of drug-likeness (QED) is 0.387. The van der Waals surface area contributed by atoms with Crippen molar-refractivity contribution in [1.29, 1.82) is 0 Å². The minimum absolute atomic E-state index is 0.0220. The molecule has 0 aliphatic heterocycles. The molecule has 2 aromatic carbocycles. The van der Waals surface area contributed by atoms with Crippen molar-refractivity contribution < 1.29 is 9.21 Å². The van der Waals surface area contributed by atoms with Gasteiger partial charge in [0.1, 0.15) is 11.7 Å². The first-order valence-electron chi connectivity index (χ1n) is 10.5. The van der Waals surface area contributed by atoms with E-state index in [4.69, 9.17) is 16.0 Å². The molecule has 0 atom stereocenters. The van der Waals surface area contributed by atoms with Crippen molar-refractivity contribution in [3.63, 3.8) is 0 Å². The minimum atomic E-state index is -0.435. The second kappa shape index (κ2) is 9.32. The second-order valence-electron chi connectivity index (χ2n) is 7.56. The van der Waals surface area contributed by atoms with Crippen molar-refractivity contribution in [2.45, 2.75) is 13.1 Å². The molecule has 0 spiro atoms. The van der Waals surface area contributed by atoms with E-state index in [1.54, 1.807) is 16.8 Å². The highest BCUT2D eigenvalue weighted by Gasteiger charge is 2.15. The van der Waals surface area contributed by atoms with Gasteiger partial charge in [-0.2, -0.15) is 5.10 Å². The number of hydrogen-bond donors (Lipinski definition) is 1. The number of hydrogen-bond acceptors (Lipinski definition) is 6. The number of benzene rings is 2. The van der Waals surface area contributed by atoms with Crippen molar-refractivity contribution in [1.82, 2.24) is 29.6 Å². The molecule has 1 amide bonds. The maximum atomic E-state index is 12.9. The van der Waals surface area contributed by atoms with Gasteiger partial charge in [0, 0.05) is 17.1 Å². The van der Waals surface area contributed by atoms with E-state index in [-0.39, 0.29) is 18.0 Å². The van der Waals surface area contributed by atoms with Crippen LogP contribution in [0.3, 0.4) is 0 Å². The van der Waals surface area contributed by atoms with E-state index in [0.29, 0.717) is 34.9 Å². The largest absolute Gasteiger partial charge is 0.432 e. The van der Waals surface area contributed by atoms with Gasteiger partial charge in [-0.25, -0.2) is 14.6 Å². The van der Waals surface area contributed by atoms with Crippen LogP contribution in [0.15, 0.2) is 82.5 Å². The first-order chi connectivity index (χ1) is 16.6. The van der Waals surface area contributed by atoms with Crippen molar-refractivity contribution >= 4 is 28.5 Å². The lowest BCUT2D eigenvalue weighted by atomic mass is 10.2. The van der Waals surface area contributed by atoms with Gasteiger partial charge < -0.3 is 9.73 Å². The lowest BCUT2D eigenvalue weighted by Gasteiger charge is -2.07. The molecule has 0 radical (unpaired) electrons. The van der Waals surface area contributed by atoms with E-state index in [2.05, 4.69) is 20.4 Å². The van der Waals surface area contributed by atoms with E-state index in [9.17, 15) is 9.59 Å². The number of carbonyl (C=O) groups is 1. The summed E-state index contributed by atoms with van der Waals surface area (Å²) in [5.41, 5.74) is 1.98. The number of oxazole rings is 1. The normalized spacial score (nSPS) is 11.1. The molecule has 34 heavy (non-hydrogen) atoms. The molecule has 0 fully saturated rings. The van der Waals surface area contributed by atoms with E-state index in [1.165, 1.54) is 23.3 Å². The Morgan fingerprint density at radius 3 is 2.74 bits per heavy atom. The fraction of sp³-hybridized carbons (Fsp3) is 0.125. The minimum Gasteiger partial charge on any atom is -0.432 e. The van der Waals surface area contributed by atoms with E-state index in [1.807, 2.05) is 42.5 Å². The highest BCUT2D eigenvalue weighted by molar-refractivity contribution is 6.30. The number of halogens is 1. The molecule has 5 aromatic rings. The first-order valence-corrected chi connectivity index (χ1v) is 10.9. The molecule has 3 aromatic heterocycles. The number of nitrogens with zero attached hydrogens (tertiary/aromatic N) is 5. The maximum Gasteiger partial charge on any atom is 0.307 e. The Kier molecular flexibility index (Phi) is 5.92.